The maximum atomic E-state index is 14.7. The maximum Gasteiger partial charge on any atom is 0.336 e. The van der Waals surface area contributed by atoms with Gasteiger partial charge in [-0.1, -0.05) is 158 Å². The monoisotopic (exact) mass is 545 g/mol. The van der Waals surface area contributed by atoms with Gasteiger partial charge >= 0.3 is 5.97 Å². The number of anilines is 2. The van der Waals surface area contributed by atoms with Crippen LogP contribution in [0.25, 0.3) is 0 Å². The van der Waals surface area contributed by atoms with E-state index in [-0.39, 0.29) is 0 Å². The van der Waals surface area contributed by atoms with Crippen LogP contribution in [0.1, 0.15) is 22.3 Å². The second-order valence-electron chi connectivity index (χ2n) is 10.2. The van der Waals surface area contributed by atoms with Gasteiger partial charge in [-0.05, 0) is 46.5 Å². The Kier molecular flexibility index (Phi) is 7.40. The van der Waals surface area contributed by atoms with Crippen LogP contribution in [0.3, 0.4) is 0 Å². The lowest BCUT2D eigenvalue weighted by atomic mass is 9.54. The molecule has 0 saturated carbocycles. The Morgan fingerprint density at radius 3 is 0.952 bits per heavy atom. The number of carboxylic acids is 1. The van der Waals surface area contributed by atoms with E-state index in [1.165, 1.54) is 0 Å². The lowest BCUT2D eigenvalue weighted by Crippen LogP contribution is -2.64. The fourth-order valence-electron chi connectivity index (χ4n) is 6.45. The average Bonchev–Trinajstić information content (AvgIpc) is 3.07. The minimum absolute atomic E-state index is 0.654. The zero-order chi connectivity index (χ0) is 28.8. The van der Waals surface area contributed by atoms with Crippen LogP contribution in [0, 0.1) is 0 Å². The Hall–Kier alpha value is -5.41. The van der Waals surface area contributed by atoms with Crippen LogP contribution in [-0.4, -0.2) is 11.1 Å². The van der Waals surface area contributed by atoms with Crippen LogP contribution in [0.4, 0.5) is 11.4 Å². The van der Waals surface area contributed by atoms with Gasteiger partial charge in [0.15, 0.2) is 5.54 Å². The second kappa shape index (κ2) is 11.6. The molecule has 0 spiro atoms. The number of rotatable bonds is 9. The van der Waals surface area contributed by atoms with E-state index in [9.17, 15) is 9.90 Å². The molecule has 0 unspecified atom stereocenters. The number of carboxylic acid groups (broad SMARTS) is 1. The number of benzene rings is 6. The molecule has 6 rings (SSSR count). The summed E-state index contributed by atoms with van der Waals surface area (Å²) in [4.78, 5) is 16.7. The summed E-state index contributed by atoms with van der Waals surface area (Å²) in [6, 6.07) is 59.5. The number of carbonyl (C=O) groups is 1. The first-order chi connectivity index (χ1) is 20.7. The molecular weight excluding hydrogens is 514 g/mol. The van der Waals surface area contributed by atoms with Crippen molar-refractivity contribution in [3.05, 3.63) is 204 Å². The van der Waals surface area contributed by atoms with Crippen molar-refractivity contribution in [2.24, 2.45) is 0 Å². The van der Waals surface area contributed by atoms with Gasteiger partial charge in [0.2, 0.25) is 0 Å². The molecule has 0 aliphatic rings. The quantitative estimate of drug-likeness (QED) is 0.185. The number of para-hydroxylation sites is 2. The van der Waals surface area contributed by atoms with E-state index < -0.39 is 16.9 Å². The van der Waals surface area contributed by atoms with Gasteiger partial charge in [-0.3, -0.25) is 0 Å². The van der Waals surface area contributed by atoms with E-state index in [2.05, 4.69) is 36.4 Å². The van der Waals surface area contributed by atoms with Crippen molar-refractivity contribution < 1.29 is 9.90 Å². The lowest BCUT2D eigenvalue weighted by molar-refractivity contribution is -0.145. The molecule has 6 aromatic carbocycles. The highest BCUT2D eigenvalue weighted by atomic mass is 16.4. The molecule has 204 valence electrons. The summed E-state index contributed by atoms with van der Waals surface area (Å²) in [5.74, 6) is -0.974. The molecule has 0 heterocycles. The van der Waals surface area contributed by atoms with Crippen LogP contribution >= 0.6 is 0 Å². The third-order valence-electron chi connectivity index (χ3n) is 8.03. The molecule has 0 radical (unpaired) electrons. The minimum atomic E-state index is -1.71. The largest absolute Gasteiger partial charge is 0.479 e. The van der Waals surface area contributed by atoms with Crippen LogP contribution in [0.15, 0.2) is 182 Å². The van der Waals surface area contributed by atoms with Crippen molar-refractivity contribution in [2.45, 2.75) is 11.0 Å². The van der Waals surface area contributed by atoms with Gasteiger partial charge < -0.3 is 10.0 Å². The fourth-order valence-corrected chi connectivity index (χ4v) is 6.45. The van der Waals surface area contributed by atoms with Gasteiger partial charge in [0.05, 0.1) is 5.41 Å². The first kappa shape index (κ1) is 26.8. The zero-order valence-corrected chi connectivity index (χ0v) is 23.1. The maximum absolute atomic E-state index is 14.7. The SMILES string of the molecule is O=C(O)[C@@](c1ccccc1)(N(c1ccccc1)c1ccccc1)C(c1ccccc1)(c1ccccc1)c1ccccc1. The van der Waals surface area contributed by atoms with E-state index in [0.29, 0.717) is 5.56 Å². The summed E-state index contributed by atoms with van der Waals surface area (Å²) in [6.45, 7) is 0. The molecule has 0 aromatic heterocycles. The lowest BCUT2D eigenvalue weighted by Gasteiger charge is -2.55. The molecule has 1 N–H and O–H groups in total. The molecule has 0 amide bonds. The second-order valence-corrected chi connectivity index (χ2v) is 10.2. The van der Waals surface area contributed by atoms with Gasteiger partial charge in [-0.2, -0.15) is 0 Å². The van der Waals surface area contributed by atoms with Crippen LogP contribution in [-0.2, 0) is 15.7 Å². The van der Waals surface area contributed by atoms with E-state index in [1.54, 1.807) is 0 Å². The normalized spacial score (nSPS) is 12.7. The number of hydrogen-bond donors (Lipinski definition) is 1. The third-order valence-corrected chi connectivity index (χ3v) is 8.03. The highest BCUT2D eigenvalue weighted by Gasteiger charge is 2.64. The third kappa shape index (κ3) is 4.27. The first-order valence-electron chi connectivity index (χ1n) is 14.1. The average molecular weight is 546 g/mol. The molecule has 0 aliphatic carbocycles. The van der Waals surface area contributed by atoms with Crippen molar-refractivity contribution in [1.82, 2.24) is 0 Å². The van der Waals surface area contributed by atoms with Crippen molar-refractivity contribution in [2.75, 3.05) is 4.90 Å². The van der Waals surface area contributed by atoms with E-state index in [4.69, 9.17) is 0 Å². The van der Waals surface area contributed by atoms with Crippen LogP contribution in [0.2, 0.25) is 0 Å². The van der Waals surface area contributed by atoms with E-state index in [0.717, 1.165) is 28.1 Å². The highest BCUT2D eigenvalue weighted by molar-refractivity contribution is 5.94. The van der Waals surface area contributed by atoms with Gasteiger partial charge in [0, 0.05) is 11.4 Å². The highest BCUT2D eigenvalue weighted by Crippen LogP contribution is 2.58. The van der Waals surface area contributed by atoms with Gasteiger partial charge in [-0.15, -0.1) is 0 Å². The number of nitrogens with zero attached hydrogens (tertiary/aromatic N) is 1. The Bertz CT molecular complexity index is 1590. The predicted molar refractivity (Wildman–Crippen MR) is 170 cm³/mol. The Morgan fingerprint density at radius 1 is 0.405 bits per heavy atom. The summed E-state index contributed by atoms with van der Waals surface area (Å²) in [7, 11) is 0. The van der Waals surface area contributed by atoms with Crippen molar-refractivity contribution in [3.8, 4) is 0 Å². The molecule has 0 bridgehead atoms. The minimum Gasteiger partial charge on any atom is -0.479 e. The fraction of sp³-hybridized carbons (Fsp3) is 0.0513. The molecule has 0 fully saturated rings. The van der Waals surface area contributed by atoms with Gasteiger partial charge in [0.25, 0.3) is 0 Å². The summed E-state index contributed by atoms with van der Waals surface area (Å²) < 4.78 is 0. The summed E-state index contributed by atoms with van der Waals surface area (Å²) in [5, 5.41) is 12.0. The zero-order valence-electron chi connectivity index (χ0n) is 23.1. The number of aliphatic carboxylic acids is 1. The first-order valence-corrected chi connectivity index (χ1v) is 14.1. The molecule has 3 nitrogen and oxygen atoms in total. The van der Waals surface area contributed by atoms with Crippen molar-refractivity contribution in [1.29, 1.82) is 0 Å². The molecule has 6 aromatic rings. The van der Waals surface area contributed by atoms with Crippen molar-refractivity contribution in [3.63, 3.8) is 0 Å². The van der Waals surface area contributed by atoms with Crippen LogP contribution < -0.4 is 4.90 Å². The predicted octanol–water partition coefficient (Wildman–Crippen LogP) is 8.84. The molecular formula is C39H31NO2. The Morgan fingerprint density at radius 2 is 0.667 bits per heavy atom. The number of hydrogen-bond acceptors (Lipinski definition) is 2. The van der Waals surface area contributed by atoms with E-state index in [1.807, 2.05) is 150 Å². The molecule has 1 atom stereocenters. The Labute approximate surface area is 247 Å². The smallest absolute Gasteiger partial charge is 0.336 e. The molecule has 42 heavy (non-hydrogen) atoms. The van der Waals surface area contributed by atoms with Crippen molar-refractivity contribution >= 4 is 17.3 Å². The Balaban J connectivity index is 1.92. The molecule has 0 aliphatic heterocycles. The summed E-state index contributed by atoms with van der Waals surface area (Å²) in [6.07, 6.45) is 0. The van der Waals surface area contributed by atoms with Gasteiger partial charge in [-0.25, -0.2) is 4.79 Å². The van der Waals surface area contributed by atoms with Gasteiger partial charge in [0.1, 0.15) is 0 Å². The van der Waals surface area contributed by atoms with Crippen LogP contribution in [0.5, 0.6) is 0 Å². The van der Waals surface area contributed by atoms with E-state index >= 15 is 0 Å². The molecule has 3 heteroatoms. The standard InChI is InChI=1S/C39H31NO2/c41-37(42)39(34-25-13-4-14-26-34,40(35-27-15-5-16-28-35)36-29-17-6-18-30-36)38(31-19-7-1-8-20-31,32-21-9-2-10-22-32)33-23-11-3-12-24-33/h1-30H,(H,41,42)/t39-/m1/s1. The molecule has 0 saturated heterocycles. The summed E-state index contributed by atoms with van der Waals surface area (Å²) in [5.41, 5.74) is 1.85. The summed E-state index contributed by atoms with van der Waals surface area (Å²) >= 11 is 0. The topological polar surface area (TPSA) is 40.5 Å².